The van der Waals surface area contributed by atoms with Crippen molar-refractivity contribution in [2.45, 2.75) is 23.8 Å². The van der Waals surface area contributed by atoms with Crippen LogP contribution in [-0.2, 0) is 4.79 Å². The Kier molecular flexibility index (Phi) is 7.35. The molecule has 4 aromatic rings. The maximum absolute atomic E-state index is 13.0. The molecule has 0 saturated heterocycles. The van der Waals surface area contributed by atoms with E-state index in [2.05, 4.69) is 10.3 Å². The molecule has 0 aliphatic carbocycles. The number of nitrogens with zero attached hydrogens (tertiary/aromatic N) is 1. The summed E-state index contributed by atoms with van der Waals surface area (Å²) in [4.78, 5) is 32.5. The summed E-state index contributed by atoms with van der Waals surface area (Å²) in [5, 5.41) is 12.4. The average molecular weight is 492 g/mol. The Morgan fingerprint density at radius 2 is 1.68 bits per heavy atom. The third kappa shape index (κ3) is 5.32. The number of hydrogen-bond donors (Lipinski definition) is 3. The molecule has 0 radical (unpaired) electrons. The monoisotopic (exact) mass is 491 g/mol. The summed E-state index contributed by atoms with van der Waals surface area (Å²) in [5.74, 6) is -1.40. The van der Waals surface area contributed by atoms with Crippen LogP contribution in [0.1, 0.15) is 23.7 Å². The number of carboxylic acids is 1. The first kappa shape index (κ1) is 23.6. The highest BCUT2D eigenvalue weighted by molar-refractivity contribution is 8.00. The van der Waals surface area contributed by atoms with Crippen LogP contribution < -0.4 is 5.32 Å². The van der Waals surface area contributed by atoms with Gasteiger partial charge in [0, 0.05) is 16.8 Å². The molecule has 172 valence electrons. The van der Waals surface area contributed by atoms with Crippen molar-refractivity contribution >= 4 is 40.9 Å². The zero-order valence-corrected chi connectivity index (χ0v) is 19.9. The maximum Gasteiger partial charge on any atom is 0.337 e. The molecule has 0 aliphatic heterocycles. The van der Waals surface area contributed by atoms with Crippen LogP contribution in [0.4, 0.5) is 5.69 Å². The van der Waals surface area contributed by atoms with Gasteiger partial charge in [-0.15, -0.1) is 0 Å². The molecule has 0 fully saturated rings. The first-order valence-electron chi connectivity index (χ1n) is 10.7. The van der Waals surface area contributed by atoms with Crippen molar-refractivity contribution in [1.82, 2.24) is 9.97 Å². The van der Waals surface area contributed by atoms with Crippen LogP contribution in [0.3, 0.4) is 0 Å². The van der Waals surface area contributed by atoms with Crippen molar-refractivity contribution in [3.63, 3.8) is 0 Å². The fraction of sp³-hybridized carbons (Fsp3) is 0.115. The molecule has 1 atom stereocenters. The standard InChI is InChI=1S/C26H22ClN3O3S/c1-2-21(24(31)28-18-13-14-20(27)19(15-18)25(32)33)34-26-29-22(16-9-5-3-6-10-16)23(30-26)17-11-7-4-8-12-17/h3-15,21H,2H2,1H3,(H,28,31)(H,29,30)(H,32,33). The number of halogens is 1. The number of carbonyl (C=O) groups excluding carboxylic acids is 1. The largest absolute Gasteiger partial charge is 0.478 e. The van der Waals surface area contributed by atoms with Gasteiger partial charge in [-0.2, -0.15) is 0 Å². The molecule has 3 N–H and O–H groups in total. The third-order valence-corrected chi connectivity index (χ3v) is 6.75. The van der Waals surface area contributed by atoms with Crippen LogP contribution in [0.5, 0.6) is 0 Å². The number of carbonyl (C=O) groups is 2. The number of aromatic nitrogens is 2. The van der Waals surface area contributed by atoms with E-state index < -0.39 is 11.2 Å². The molecule has 1 amide bonds. The average Bonchev–Trinajstić information content (AvgIpc) is 3.28. The van der Waals surface area contributed by atoms with E-state index in [9.17, 15) is 14.7 Å². The molecule has 1 aromatic heterocycles. The van der Waals surface area contributed by atoms with Crippen molar-refractivity contribution in [2.75, 3.05) is 5.32 Å². The highest BCUT2D eigenvalue weighted by Crippen LogP contribution is 2.34. The van der Waals surface area contributed by atoms with Crippen LogP contribution in [0, 0.1) is 0 Å². The highest BCUT2D eigenvalue weighted by atomic mass is 35.5. The van der Waals surface area contributed by atoms with Crippen molar-refractivity contribution in [1.29, 1.82) is 0 Å². The first-order chi connectivity index (χ1) is 16.5. The lowest BCUT2D eigenvalue weighted by molar-refractivity contribution is -0.115. The minimum Gasteiger partial charge on any atom is -0.478 e. The van der Waals surface area contributed by atoms with Crippen molar-refractivity contribution in [3.05, 3.63) is 89.4 Å². The zero-order valence-electron chi connectivity index (χ0n) is 18.3. The smallest absolute Gasteiger partial charge is 0.337 e. The van der Waals surface area contributed by atoms with Gasteiger partial charge in [0.15, 0.2) is 5.16 Å². The van der Waals surface area contributed by atoms with Crippen LogP contribution in [0.2, 0.25) is 5.02 Å². The predicted octanol–water partition coefficient (Wildman–Crippen LogP) is 6.60. The molecule has 0 aliphatic rings. The Hall–Kier alpha value is -3.55. The number of hydrogen-bond acceptors (Lipinski definition) is 4. The molecule has 1 unspecified atom stereocenters. The quantitative estimate of drug-likeness (QED) is 0.241. The number of rotatable bonds is 8. The summed E-state index contributed by atoms with van der Waals surface area (Å²) in [7, 11) is 0. The fourth-order valence-corrected chi connectivity index (χ4v) is 4.58. The lowest BCUT2D eigenvalue weighted by Crippen LogP contribution is -2.24. The van der Waals surface area contributed by atoms with Crippen molar-refractivity contribution < 1.29 is 14.7 Å². The van der Waals surface area contributed by atoms with Gasteiger partial charge in [-0.3, -0.25) is 4.79 Å². The highest BCUT2D eigenvalue weighted by Gasteiger charge is 2.22. The van der Waals surface area contributed by atoms with Gasteiger partial charge in [-0.05, 0) is 24.6 Å². The topological polar surface area (TPSA) is 95.1 Å². The van der Waals surface area contributed by atoms with Crippen LogP contribution in [-0.4, -0.2) is 32.2 Å². The molecule has 34 heavy (non-hydrogen) atoms. The molecule has 6 nitrogen and oxygen atoms in total. The Morgan fingerprint density at radius 1 is 1.03 bits per heavy atom. The molecule has 0 spiro atoms. The van der Waals surface area contributed by atoms with Gasteiger partial charge < -0.3 is 15.4 Å². The Balaban J connectivity index is 1.59. The van der Waals surface area contributed by atoms with Gasteiger partial charge in [-0.1, -0.05) is 91.0 Å². The van der Waals surface area contributed by atoms with Gasteiger partial charge in [0.1, 0.15) is 0 Å². The van der Waals surface area contributed by atoms with Crippen LogP contribution in [0.15, 0.2) is 84.0 Å². The van der Waals surface area contributed by atoms with E-state index in [0.29, 0.717) is 17.3 Å². The summed E-state index contributed by atoms with van der Waals surface area (Å²) in [6.45, 7) is 1.92. The first-order valence-corrected chi connectivity index (χ1v) is 11.9. The summed E-state index contributed by atoms with van der Waals surface area (Å²) in [6.07, 6.45) is 0.553. The van der Waals surface area contributed by atoms with E-state index in [-0.39, 0.29) is 16.5 Å². The molecule has 0 saturated carbocycles. The van der Waals surface area contributed by atoms with Gasteiger partial charge in [0.05, 0.1) is 27.2 Å². The molecule has 3 aromatic carbocycles. The van der Waals surface area contributed by atoms with E-state index in [1.165, 1.54) is 23.9 Å². The minimum absolute atomic E-state index is 0.0637. The summed E-state index contributed by atoms with van der Waals surface area (Å²) < 4.78 is 0. The van der Waals surface area contributed by atoms with Crippen molar-refractivity contribution in [3.8, 4) is 22.5 Å². The van der Waals surface area contributed by atoms with Crippen molar-refractivity contribution in [2.24, 2.45) is 0 Å². The van der Waals surface area contributed by atoms with Gasteiger partial charge in [-0.25, -0.2) is 9.78 Å². The molecule has 0 bridgehead atoms. The lowest BCUT2D eigenvalue weighted by Gasteiger charge is -2.14. The van der Waals surface area contributed by atoms with Gasteiger partial charge >= 0.3 is 5.97 Å². The molecular weight excluding hydrogens is 470 g/mol. The molecule has 1 heterocycles. The van der Waals surface area contributed by atoms with E-state index in [0.717, 1.165) is 22.5 Å². The summed E-state index contributed by atoms with van der Waals surface area (Å²) in [5.41, 5.74) is 3.98. The van der Waals surface area contributed by atoms with Crippen LogP contribution in [0.25, 0.3) is 22.5 Å². The number of benzene rings is 3. The number of carboxylic acid groups (broad SMARTS) is 1. The number of anilines is 1. The Labute approximate surface area is 206 Å². The summed E-state index contributed by atoms with van der Waals surface area (Å²) in [6, 6.07) is 24.2. The fourth-order valence-electron chi connectivity index (χ4n) is 3.47. The van der Waals surface area contributed by atoms with E-state index in [4.69, 9.17) is 16.6 Å². The molecular formula is C26H22ClN3O3S. The summed E-state index contributed by atoms with van der Waals surface area (Å²) >= 11 is 7.27. The number of aromatic amines is 1. The Morgan fingerprint density at radius 3 is 2.29 bits per heavy atom. The molecule has 8 heteroatoms. The molecule has 4 rings (SSSR count). The third-order valence-electron chi connectivity index (χ3n) is 5.17. The number of nitrogens with one attached hydrogen (secondary N) is 2. The number of aromatic carboxylic acids is 1. The Bertz CT molecular complexity index is 1250. The van der Waals surface area contributed by atoms with Gasteiger partial charge in [0.25, 0.3) is 0 Å². The van der Waals surface area contributed by atoms with E-state index in [1.54, 1.807) is 6.07 Å². The number of H-pyrrole nitrogens is 1. The number of thioether (sulfide) groups is 1. The maximum atomic E-state index is 13.0. The minimum atomic E-state index is -1.15. The second-order valence-corrected chi connectivity index (χ2v) is 9.10. The second kappa shape index (κ2) is 10.6. The SMILES string of the molecule is CCC(Sc1nc(-c2ccccc2)c(-c2ccccc2)[nH]1)C(=O)Nc1ccc(Cl)c(C(=O)O)c1. The van der Waals surface area contributed by atoms with Crippen LogP contribution >= 0.6 is 23.4 Å². The van der Waals surface area contributed by atoms with E-state index in [1.807, 2.05) is 67.6 Å². The normalized spacial score (nSPS) is 11.7. The lowest BCUT2D eigenvalue weighted by atomic mass is 10.1. The number of imidazole rings is 1. The van der Waals surface area contributed by atoms with Gasteiger partial charge in [0.2, 0.25) is 5.91 Å². The van der Waals surface area contributed by atoms with E-state index >= 15 is 0 Å². The second-order valence-electron chi connectivity index (χ2n) is 7.50. The zero-order chi connectivity index (χ0) is 24.1. The number of amides is 1. The predicted molar refractivity (Wildman–Crippen MR) is 136 cm³/mol.